The number of nitrogens with one attached hydrogen (secondary N) is 3. The van der Waals surface area contributed by atoms with Crippen LogP contribution in [0.4, 0.5) is 22.2 Å². The number of carboxylic acid groups (broad SMARTS) is 1. The zero-order valence-corrected chi connectivity index (χ0v) is 42.0. The van der Waals surface area contributed by atoms with Crippen LogP contribution in [0.3, 0.4) is 0 Å². The molecule has 2 aromatic carbocycles. The number of carbonyl (C=O) groups is 6. The fraction of sp³-hybridized carbons (Fsp3) is 0.490. The highest BCUT2D eigenvalue weighted by atomic mass is 16.6. The van der Waals surface area contributed by atoms with E-state index in [-0.39, 0.29) is 69.6 Å². The first-order valence-electron chi connectivity index (χ1n) is 25.0. The predicted molar refractivity (Wildman–Crippen MR) is 271 cm³/mol. The number of aromatic nitrogens is 3. The lowest BCUT2D eigenvalue weighted by molar-refractivity contribution is -0.174. The number of benzene rings is 2. The number of ether oxygens (including phenoxy) is 4. The van der Waals surface area contributed by atoms with Gasteiger partial charge in [0.15, 0.2) is 5.82 Å². The lowest BCUT2D eigenvalue weighted by Crippen LogP contribution is -2.57. The van der Waals surface area contributed by atoms with Gasteiger partial charge in [-0.3, -0.25) is 33.8 Å². The summed E-state index contributed by atoms with van der Waals surface area (Å²) in [7, 11) is 1.64. The van der Waals surface area contributed by atoms with Crippen molar-refractivity contribution in [2.45, 2.75) is 89.6 Å². The second-order valence-electron chi connectivity index (χ2n) is 18.5. The minimum atomic E-state index is -1.83. The summed E-state index contributed by atoms with van der Waals surface area (Å²) >= 11 is 0. The van der Waals surface area contributed by atoms with Crippen LogP contribution in [-0.4, -0.2) is 176 Å². The van der Waals surface area contributed by atoms with E-state index >= 15 is 0 Å². The summed E-state index contributed by atoms with van der Waals surface area (Å²) in [6.07, 6.45) is -0.206. The normalized spacial score (nSPS) is 19.8. The van der Waals surface area contributed by atoms with E-state index in [1.807, 2.05) is 24.4 Å². The number of nitrogen functional groups attached to an aromatic ring is 1. The first-order valence-corrected chi connectivity index (χ1v) is 25.0. The number of imide groups is 1. The van der Waals surface area contributed by atoms with Crippen molar-refractivity contribution in [3.05, 3.63) is 77.5 Å². The third kappa shape index (κ3) is 14.7. The summed E-state index contributed by atoms with van der Waals surface area (Å²) in [5.41, 5.74) is 10.2. The molecule has 1 aliphatic carbocycles. The average Bonchev–Trinajstić information content (AvgIpc) is 3.95. The molecule has 2 aromatic heterocycles. The highest BCUT2D eigenvalue weighted by Gasteiger charge is 2.47. The van der Waals surface area contributed by atoms with Crippen molar-refractivity contribution in [3.8, 4) is 11.5 Å². The molecule has 4 aromatic rings. The Labute approximate surface area is 432 Å². The number of hydrogen-bond acceptors (Lipinski definition) is 18. The van der Waals surface area contributed by atoms with Crippen molar-refractivity contribution in [2.75, 3.05) is 82.5 Å². The standard InChI is InChI=1S/C51H66N10O14/c1-3-4-5-15-54-48-44-35(56-50(52)57-48)13-17-60(44)29-33-8-6-31(26-38(33)72-2)28-58-18-20-59(21-19-58)51(71)74-30-32-7-9-37(75-39-27-34(49(69)70)45(66)47(68)46(39)67)36(25-32)55-41(63)12-16-53-40(62)14-23-73-24-22-61-42(64)10-11-43(61)65/h6-11,13,17,25-26,34,39,45-47,66-68H,3-5,12,14-16,18-24,27-30H2,1-2H3,(H,53,62)(H,55,63)(H,69,70)(H3,52,54,56,57)/t34-,39+,45+,46-,47-/m0/s1. The minimum absolute atomic E-state index is 0.00473. The van der Waals surface area contributed by atoms with Gasteiger partial charge in [0, 0.05) is 89.0 Å². The van der Waals surface area contributed by atoms with Crippen LogP contribution in [-0.2, 0) is 53.1 Å². The number of nitrogens with zero attached hydrogens (tertiary/aromatic N) is 6. The van der Waals surface area contributed by atoms with Gasteiger partial charge in [-0.2, -0.15) is 4.98 Å². The maximum atomic E-state index is 13.4. The maximum absolute atomic E-state index is 13.4. The third-order valence-corrected chi connectivity index (χ3v) is 13.2. The van der Waals surface area contributed by atoms with Gasteiger partial charge in [0.05, 0.1) is 56.6 Å². The number of rotatable bonds is 25. The highest BCUT2D eigenvalue weighted by molar-refractivity contribution is 6.12. The van der Waals surface area contributed by atoms with Crippen LogP contribution in [0.25, 0.3) is 11.0 Å². The number of aliphatic carboxylic acids is 1. The number of amides is 5. The Morgan fingerprint density at radius 2 is 1.59 bits per heavy atom. The minimum Gasteiger partial charge on any atom is -0.496 e. The lowest BCUT2D eigenvalue weighted by Gasteiger charge is -2.38. The van der Waals surface area contributed by atoms with E-state index < -0.39 is 66.0 Å². The molecule has 404 valence electrons. The number of carboxylic acids is 1. The van der Waals surface area contributed by atoms with Crippen molar-refractivity contribution in [3.63, 3.8) is 0 Å². The zero-order valence-electron chi connectivity index (χ0n) is 42.0. The van der Waals surface area contributed by atoms with E-state index in [2.05, 4.69) is 48.4 Å². The van der Waals surface area contributed by atoms with Gasteiger partial charge in [0.2, 0.25) is 17.8 Å². The number of carbonyl (C=O) groups excluding carboxylic acids is 5. The summed E-state index contributed by atoms with van der Waals surface area (Å²) in [5.74, 6) is -3.09. The Balaban J connectivity index is 0.909. The van der Waals surface area contributed by atoms with Crippen LogP contribution in [0, 0.1) is 5.92 Å². The number of fused-ring (bicyclic) bond motifs is 1. The molecule has 24 heteroatoms. The molecule has 24 nitrogen and oxygen atoms in total. The Hall–Kier alpha value is -7.38. The van der Waals surface area contributed by atoms with Gasteiger partial charge in [-0.25, -0.2) is 9.78 Å². The molecule has 0 bridgehead atoms. The highest BCUT2D eigenvalue weighted by Crippen LogP contribution is 2.34. The molecular formula is C51H66N10O14. The van der Waals surface area contributed by atoms with Crippen molar-refractivity contribution < 1.29 is 68.1 Å². The van der Waals surface area contributed by atoms with E-state index in [1.165, 1.54) is 12.1 Å². The van der Waals surface area contributed by atoms with Crippen LogP contribution in [0.5, 0.6) is 11.5 Å². The summed E-state index contributed by atoms with van der Waals surface area (Å²) in [6.45, 7) is 5.83. The van der Waals surface area contributed by atoms with Crippen LogP contribution in [0.2, 0.25) is 0 Å². The molecule has 2 aliphatic heterocycles. The van der Waals surface area contributed by atoms with Gasteiger partial charge in [0.1, 0.15) is 41.9 Å². The molecule has 0 unspecified atom stereocenters. The van der Waals surface area contributed by atoms with Gasteiger partial charge >= 0.3 is 12.1 Å². The smallest absolute Gasteiger partial charge is 0.410 e. The first-order chi connectivity index (χ1) is 36.1. The number of piperazine rings is 1. The maximum Gasteiger partial charge on any atom is 0.410 e. The van der Waals surface area contributed by atoms with Crippen LogP contribution < -0.4 is 31.2 Å². The molecular weight excluding hydrogens is 977 g/mol. The molecule has 7 rings (SSSR count). The number of anilines is 3. The van der Waals surface area contributed by atoms with Crippen LogP contribution in [0.15, 0.2) is 60.8 Å². The summed E-state index contributed by atoms with van der Waals surface area (Å²) in [6, 6.07) is 12.5. The monoisotopic (exact) mass is 1040 g/mol. The molecule has 5 amide bonds. The third-order valence-electron chi connectivity index (χ3n) is 13.2. The van der Waals surface area contributed by atoms with Gasteiger partial charge < -0.3 is 70.5 Å². The number of nitrogens with two attached hydrogens (primary N) is 1. The quantitative estimate of drug-likeness (QED) is 0.0347. The topological polar surface area (TPSA) is 323 Å². The molecule has 4 heterocycles. The number of aliphatic hydroxyl groups is 3. The van der Waals surface area contributed by atoms with Crippen molar-refractivity contribution in [2.24, 2.45) is 5.92 Å². The molecule has 9 N–H and O–H groups in total. The van der Waals surface area contributed by atoms with Crippen LogP contribution in [0.1, 0.15) is 62.1 Å². The number of unbranched alkanes of at least 4 members (excludes halogenated alkanes) is 2. The molecule has 1 saturated heterocycles. The molecule has 0 radical (unpaired) electrons. The lowest BCUT2D eigenvalue weighted by atomic mass is 9.80. The molecule has 75 heavy (non-hydrogen) atoms. The van der Waals surface area contributed by atoms with Gasteiger partial charge in [-0.1, -0.05) is 38.0 Å². The molecule has 3 aliphatic rings. The number of methoxy groups -OCH3 is 1. The predicted octanol–water partition coefficient (Wildman–Crippen LogP) is 1.84. The molecule has 1 saturated carbocycles. The average molecular weight is 1040 g/mol. The van der Waals surface area contributed by atoms with Gasteiger partial charge in [-0.15, -0.1) is 0 Å². The summed E-state index contributed by atoms with van der Waals surface area (Å²) < 4.78 is 25.0. The Morgan fingerprint density at radius 1 is 0.827 bits per heavy atom. The molecule has 2 fully saturated rings. The molecule has 5 atom stereocenters. The van der Waals surface area contributed by atoms with Crippen molar-refractivity contribution >= 4 is 64.2 Å². The molecule has 0 spiro atoms. The van der Waals surface area contributed by atoms with E-state index in [0.717, 1.165) is 70.8 Å². The Kier molecular flexibility index (Phi) is 19.3. The first kappa shape index (κ1) is 55.4. The van der Waals surface area contributed by atoms with E-state index in [1.54, 1.807) is 18.1 Å². The number of aliphatic hydroxyl groups excluding tert-OH is 3. The Bertz CT molecular complexity index is 2690. The second kappa shape index (κ2) is 26.2. The number of hydrogen-bond donors (Lipinski definition) is 8. The fourth-order valence-corrected chi connectivity index (χ4v) is 9.02. The fourth-order valence-electron chi connectivity index (χ4n) is 9.02. The van der Waals surface area contributed by atoms with Crippen molar-refractivity contribution in [1.29, 1.82) is 0 Å². The second-order valence-corrected chi connectivity index (χ2v) is 18.5. The summed E-state index contributed by atoms with van der Waals surface area (Å²) in [4.78, 5) is 88.0. The largest absolute Gasteiger partial charge is 0.496 e. The van der Waals surface area contributed by atoms with E-state index in [9.17, 15) is 49.2 Å². The zero-order chi connectivity index (χ0) is 53.6. The van der Waals surface area contributed by atoms with Gasteiger partial charge in [-0.05, 0) is 41.8 Å². The van der Waals surface area contributed by atoms with Crippen LogP contribution >= 0.6 is 0 Å². The Morgan fingerprint density at radius 3 is 2.32 bits per heavy atom. The van der Waals surface area contributed by atoms with Gasteiger partial charge in [0.25, 0.3) is 11.8 Å². The van der Waals surface area contributed by atoms with E-state index in [4.69, 9.17) is 24.7 Å². The summed E-state index contributed by atoms with van der Waals surface area (Å²) in [5, 5.41) is 49.9. The SMILES string of the molecule is CCCCCNc1nc(N)nc2ccn(Cc3ccc(CN4CCN(C(=O)OCc5ccc(O[C@@H]6C[C@H](C(=O)O)[C@@H](O)[C@H](O)[C@H]6O)c(NC(=O)CCNC(=O)CCOCCN6C(=O)C=CC6=O)c5)CC4)cc3OC)c12. The van der Waals surface area contributed by atoms with E-state index in [0.29, 0.717) is 50.6 Å². The van der Waals surface area contributed by atoms with Crippen molar-refractivity contribution in [1.82, 2.24) is 34.6 Å².